The van der Waals surface area contributed by atoms with Gasteiger partial charge in [0.2, 0.25) is 5.91 Å². The van der Waals surface area contributed by atoms with E-state index in [-0.39, 0.29) is 18.0 Å². The van der Waals surface area contributed by atoms with Crippen LogP contribution in [0.2, 0.25) is 0 Å². The summed E-state index contributed by atoms with van der Waals surface area (Å²) in [5, 5.41) is 3.37. The molecule has 1 fully saturated rings. The second-order valence-electron chi connectivity index (χ2n) is 5.10. The fraction of sp³-hybridized carbons (Fsp3) is 0.533. The van der Waals surface area contributed by atoms with Crippen LogP contribution >= 0.6 is 15.9 Å². The molecular formula is C15H21BrN2O2. The van der Waals surface area contributed by atoms with E-state index in [1.54, 1.807) is 0 Å². The van der Waals surface area contributed by atoms with Gasteiger partial charge in [0.1, 0.15) is 0 Å². The third-order valence-electron chi connectivity index (χ3n) is 3.56. The van der Waals surface area contributed by atoms with Crippen molar-refractivity contribution in [2.45, 2.75) is 25.9 Å². The van der Waals surface area contributed by atoms with Crippen molar-refractivity contribution < 1.29 is 9.53 Å². The molecule has 110 valence electrons. The van der Waals surface area contributed by atoms with E-state index in [1.165, 1.54) is 5.56 Å². The average Bonchev–Trinajstić information content (AvgIpc) is 2.48. The quantitative estimate of drug-likeness (QED) is 0.914. The predicted octanol–water partition coefficient (Wildman–Crippen LogP) is 2.35. The molecule has 0 saturated carbocycles. The summed E-state index contributed by atoms with van der Waals surface area (Å²) in [5.74, 6) is 0.150. The van der Waals surface area contributed by atoms with Crippen LogP contribution in [0.25, 0.3) is 0 Å². The molecule has 0 unspecified atom stereocenters. The van der Waals surface area contributed by atoms with E-state index in [4.69, 9.17) is 4.74 Å². The normalized spacial score (nSPS) is 18.6. The Bertz CT molecular complexity index is 444. The van der Waals surface area contributed by atoms with Gasteiger partial charge in [-0.25, -0.2) is 0 Å². The number of hydrogen-bond acceptors (Lipinski definition) is 3. The molecule has 1 aliphatic heterocycles. The van der Waals surface area contributed by atoms with Gasteiger partial charge in [0.25, 0.3) is 0 Å². The average molecular weight is 341 g/mol. The van der Waals surface area contributed by atoms with Crippen molar-refractivity contribution in [2.24, 2.45) is 0 Å². The first-order chi connectivity index (χ1) is 9.58. The van der Waals surface area contributed by atoms with Gasteiger partial charge in [0.15, 0.2) is 0 Å². The molecule has 1 saturated heterocycles. The molecule has 0 spiro atoms. The summed E-state index contributed by atoms with van der Waals surface area (Å²) in [4.78, 5) is 14.2. The molecule has 5 heteroatoms. The number of rotatable bonds is 4. The lowest BCUT2D eigenvalue weighted by Gasteiger charge is -2.30. The Morgan fingerprint density at radius 1 is 1.25 bits per heavy atom. The number of amides is 1. The van der Waals surface area contributed by atoms with E-state index in [0.29, 0.717) is 26.3 Å². The van der Waals surface area contributed by atoms with Gasteiger partial charge in [-0.1, -0.05) is 28.1 Å². The molecule has 20 heavy (non-hydrogen) atoms. The van der Waals surface area contributed by atoms with Gasteiger partial charge in [0, 0.05) is 23.6 Å². The highest BCUT2D eigenvalue weighted by Gasteiger charge is 2.23. The number of carbonyl (C=O) groups excluding carboxylic acids is 1. The summed E-state index contributed by atoms with van der Waals surface area (Å²) < 4.78 is 6.33. The zero-order valence-electron chi connectivity index (χ0n) is 11.9. The second-order valence-corrected chi connectivity index (χ2v) is 6.01. The van der Waals surface area contributed by atoms with E-state index >= 15 is 0 Å². The Labute approximate surface area is 128 Å². The molecule has 4 nitrogen and oxygen atoms in total. The molecule has 1 N–H and O–H groups in total. The molecule has 2 atom stereocenters. The van der Waals surface area contributed by atoms with Crippen molar-refractivity contribution in [2.75, 3.05) is 26.3 Å². The van der Waals surface area contributed by atoms with E-state index < -0.39 is 0 Å². The number of benzene rings is 1. The highest BCUT2D eigenvalue weighted by Crippen LogP contribution is 2.17. The van der Waals surface area contributed by atoms with Crippen LogP contribution in [0.15, 0.2) is 28.7 Å². The molecule has 1 aliphatic rings. The van der Waals surface area contributed by atoms with Gasteiger partial charge in [0.05, 0.1) is 19.3 Å². The van der Waals surface area contributed by atoms with E-state index in [2.05, 4.69) is 40.3 Å². The van der Waals surface area contributed by atoms with Crippen molar-refractivity contribution in [3.8, 4) is 0 Å². The summed E-state index contributed by atoms with van der Waals surface area (Å²) in [5.41, 5.74) is 1.18. The van der Waals surface area contributed by atoms with Crippen LogP contribution in [0.5, 0.6) is 0 Å². The number of nitrogens with zero attached hydrogens (tertiary/aromatic N) is 1. The summed E-state index contributed by atoms with van der Waals surface area (Å²) in [6.45, 7) is 6.66. The summed E-state index contributed by atoms with van der Waals surface area (Å²) >= 11 is 3.43. The Hall–Kier alpha value is -0.910. The maximum absolute atomic E-state index is 12.3. The Kier molecular flexibility index (Phi) is 5.57. The van der Waals surface area contributed by atoms with Gasteiger partial charge in [-0.15, -0.1) is 0 Å². The molecule has 1 amide bonds. The Balaban J connectivity index is 1.91. The topological polar surface area (TPSA) is 41.6 Å². The van der Waals surface area contributed by atoms with Crippen molar-refractivity contribution in [3.63, 3.8) is 0 Å². The standard InChI is InChI=1S/C15H21BrN2O2/c1-11(13-3-5-14(16)6-4-13)17-12(2)15(19)18-7-9-20-10-8-18/h3-6,11-12,17H,7-10H2,1-2H3/t11-,12-/m0/s1. The first-order valence-electron chi connectivity index (χ1n) is 6.96. The molecule has 0 bridgehead atoms. The predicted molar refractivity (Wildman–Crippen MR) is 82.6 cm³/mol. The van der Waals surface area contributed by atoms with Crippen molar-refractivity contribution >= 4 is 21.8 Å². The minimum Gasteiger partial charge on any atom is -0.378 e. The third-order valence-corrected chi connectivity index (χ3v) is 4.09. The molecule has 1 heterocycles. The number of halogens is 1. The van der Waals surface area contributed by atoms with Crippen molar-refractivity contribution in [1.82, 2.24) is 10.2 Å². The Morgan fingerprint density at radius 3 is 2.45 bits per heavy atom. The van der Waals surface area contributed by atoms with Crippen LogP contribution in [0.3, 0.4) is 0 Å². The molecule has 0 aromatic heterocycles. The fourth-order valence-corrected chi connectivity index (χ4v) is 2.62. The largest absolute Gasteiger partial charge is 0.378 e. The highest BCUT2D eigenvalue weighted by molar-refractivity contribution is 9.10. The lowest BCUT2D eigenvalue weighted by atomic mass is 10.1. The summed E-state index contributed by atoms with van der Waals surface area (Å²) in [6, 6.07) is 8.11. The summed E-state index contributed by atoms with van der Waals surface area (Å²) in [7, 11) is 0. The van der Waals surface area contributed by atoms with Gasteiger partial charge in [-0.05, 0) is 31.5 Å². The van der Waals surface area contributed by atoms with Crippen LogP contribution in [-0.4, -0.2) is 43.2 Å². The molecule has 1 aromatic carbocycles. The minimum atomic E-state index is -0.188. The second kappa shape index (κ2) is 7.20. The first kappa shape index (κ1) is 15.5. The van der Waals surface area contributed by atoms with E-state index in [9.17, 15) is 4.79 Å². The van der Waals surface area contributed by atoms with Crippen LogP contribution in [0.4, 0.5) is 0 Å². The summed E-state index contributed by atoms with van der Waals surface area (Å²) in [6.07, 6.45) is 0. The van der Waals surface area contributed by atoms with Gasteiger partial charge in [-0.3, -0.25) is 10.1 Å². The van der Waals surface area contributed by atoms with E-state index in [0.717, 1.165) is 4.47 Å². The maximum atomic E-state index is 12.3. The first-order valence-corrected chi connectivity index (χ1v) is 7.75. The third kappa shape index (κ3) is 4.04. The zero-order chi connectivity index (χ0) is 14.5. The smallest absolute Gasteiger partial charge is 0.239 e. The number of carbonyl (C=O) groups is 1. The maximum Gasteiger partial charge on any atom is 0.239 e. The van der Waals surface area contributed by atoms with Gasteiger partial charge >= 0.3 is 0 Å². The Morgan fingerprint density at radius 2 is 1.85 bits per heavy atom. The van der Waals surface area contributed by atoms with Crippen LogP contribution in [-0.2, 0) is 9.53 Å². The molecule has 1 aromatic rings. The number of nitrogens with one attached hydrogen (secondary N) is 1. The van der Waals surface area contributed by atoms with Crippen LogP contribution < -0.4 is 5.32 Å². The molecule has 0 aliphatic carbocycles. The number of morpholine rings is 1. The fourth-order valence-electron chi connectivity index (χ4n) is 2.35. The van der Waals surface area contributed by atoms with Gasteiger partial charge < -0.3 is 9.64 Å². The lowest BCUT2D eigenvalue weighted by Crippen LogP contribution is -2.49. The molecular weight excluding hydrogens is 320 g/mol. The van der Waals surface area contributed by atoms with E-state index in [1.807, 2.05) is 24.0 Å². The monoisotopic (exact) mass is 340 g/mol. The molecule has 2 rings (SSSR count). The number of hydrogen-bond donors (Lipinski definition) is 1. The lowest BCUT2D eigenvalue weighted by molar-refractivity contribution is -0.137. The van der Waals surface area contributed by atoms with Crippen molar-refractivity contribution in [3.05, 3.63) is 34.3 Å². The SMILES string of the molecule is C[C@H](N[C@@H](C)c1ccc(Br)cc1)C(=O)N1CCOCC1. The van der Waals surface area contributed by atoms with Crippen LogP contribution in [0, 0.1) is 0 Å². The minimum absolute atomic E-state index is 0.142. The molecule has 0 radical (unpaired) electrons. The highest BCUT2D eigenvalue weighted by atomic mass is 79.9. The zero-order valence-corrected chi connectivity index (χ0v) is 13.5. The van der Waals surface area contributed by atoms with Gasteiger partial charge in [-0.2, -0.15) is 0 Å². The van der Waals surface area contributed by atoms with Crippen LogP contribution in [0.1, 0.15) is 25.5 Å². The number of ether oxygens (including phenoxy) is 1. The van der Waals surface area contributed by atoms with Crippen molar-refractivity contribution in [1.29, 1.82) is 0 Å².